The Hall–Kier alpha value is -2.04. The molecule has 0 saturated carbocycles. The van der Waals surface area contributed by atoms with Gasteiger partial charge in [-0.05, 0) is 18.1 Å². The van der Waals surface area contributed by atoms with E-state index < -0.39 is 11.9 Å². The number of aliphatic carboxylic acids is 2. The fourth-order valence-electron chi connectivity index (χ4n) is 2.31. The molecule has 0 aliphatic rings. The van der Waals surface area contributed by atoms with Crippen molar-refractivity contribution in [1.29, 1.82) is 0 Å². The molecule has 0 saturated heterocycles. The van der Waals surface area contributed by atoms with Crippen molar-refractivity contribution in [2.45, 2.75) is 51.9 Å². The van der Waals surface area contributed by atoms with Crippen LogP contribution < -0.4 is 4.74 Å². The fraction of sp³-hybridized carbons (Fsp3) is 0.529. The summed E-state index contributed by atoms with van der Waals surface area (Å²) in [5, 5.41) is 17.9. The highest BCUT2D eigenvalue weighted by Gasteiger charge is 2.15. The van der Waals surface area contributed by atoms with E-state index in [9.17, 15) is 9.59 Å². The SMILES string of the molecule is CCCCCCCOc1cccc(CC(=O)O)c1CC(=O)O. The van der Waals surface area contributed by atoms with Crippen LogP contribution in [0, 0.1) is 0 Å². The van der Waals surface area contributed by atoms with Crippen molar-refractivity contribution in [2.24, 2.45) is 0 Å². The predicted molar refractivity (Wildman–Crippen MR) is 83.4 cm³/mol. The van der Waals surface area contributed by atoms with Gasteiger partial charge in [0.1, 0.15) is 5.75 Å². The Labute approximate surface area is 130 Å². The minimum Gasteiger partial charge on any atom is -0.493 e. The van der Waals surface area contributed by atoms with Crippen LogP contribution in [0.15, 0.2) is 18.2 Å². The van der Waals surface area contributed by atoms with Gasteiger partial charge in [0.15, 0.2) is 0 Å². The third kappa shape index (κ3) is 6.61. The van der Waals surface area contributed by atoms with E-state index in [4.69, 9.17) is 14.9 Å². The minimum absolute atomic E-state index is 0.198. The van der Waals surface area contributed by atoms with E-state index in [1.807, 2.05) is 0 Å². The first kappa shape index (κ1) is 18.0. The van der Waals surface area contributed by atoms with Gasteiger partial charge >= 0.3 is 11.9 Å². The van der Waals surface area contributed by atoms with Crippen molar-refractivity contribution in [3.8, 4) is 5.75 Å². The first-order chi connectivity index (χ1) is 10.5. The zero-order valence-electron chi connectivity index (χ0n) is 13.0. The van der Waals surface area contributed by atoms with Crippen LogP contribution in [-0.2, 0) is 22.4 Å². The summed E-state index contributed by atoms with van der Waals surface area (Å²) >= 11 is 0. The predicted octanol–water partition coefficient (Wildman–Crippen LogP) is 3.29. The lowest BCUT2D eigenvalue weighted by atomic mass is 10.0. The highest BCUT2D eigenvalue weighted by atomic mass is 16.5. The fourth-order valence-corrected chi connectivity index (χ4v) is 2.31. The topological polar surface area (TPSA) is 83.8 Å². The molecular weight excluding hydrogens is 284 g/mol. The molecule has 1 aromatic rings. The number of hydrogen-bond acceptors (Lipinski definition) is 3. The van der Waals surface area contributed by atoms with Gasteiger partial charge in [-0.25, -0.2) is 0 Å². The highest BCUT2D eigenvalue weighted by molar-refractivity contribution is 5.75. The van der Waals surface area contributed by atoms with Crippen molar-refractivity contribution in [1.82, 2.24) is 0 Å². The van der Waals surface area contributed by atoms with E-state index in [1.54, 1.807) is 18.2 Å². The molecule has 5 heteroatoms. The van der Waals surface area contributed by atoms with Crippen molar-refractivity contribution >= 4 is 11.9 Å². The molecule has 0 spiro atoms. The van der Waals surface area contributed by atoms with Crippen LogP contribution in [0.25, 0.3) is 0 Å². The summed E-state index contributed by atoms with van der Waals surface area (Å²) in [6, 6.07) is 5.05. The number of carboxylic acids is 2. The lowest BCUT2D eigenvalue weighted by Gasteiger charge is -2.13. The quantitative estimate of drug-likeness (QED) is 0.613. The molecular formula is C17H24O5. The van der Waals surface area contributed by atoms with E-state index in [2.05, 4.69) is 6.92 Å². The van der Waals surface area contributed by atoms with Gasteiger partial charge in [-0.15, -0.1) is 0 Å². The van der Waals surface area contributed by atoms with Crippen molar-refractivity contribution in [3.05, 3.63) is 29.3 Å². The largest absolute Gasteiger partial charge is 0.493 e. The average Bonchev–Trinajstić information content (AvgIpc) is 2.44. The van der Waals surface area contributed by atoms with Gasteiger partial charge in [0.2, 0.25) is 0 Å². The number of unbranched alkanes of at least 4 members (excludes halogenated alkanes) is 4. The van der Waals surface area contributed by atoms with Crippen LogP contribution in [-0.4, -0.2) is 28.8 Å². The van der Waals surface area contributed by atoms with Gasteiger partial charge in [-0.3, -0.25) is 9.59 Å². The molecule has 122 valence electrons. The number of carbonyl (C=O) groups is 2. The normalized spacial score (nSPS) is 10.4. The summed E-state index contributed by atoms with van der Waals surface area (Å²) in [6.45, 7) is 2.68. The molecule has 0 aliphatic heterocycles. The van der Waals surface area contributed by atoms with Crippen molar-refractivity contribution in [3.63, 3.8) is 0 Å². The maximum Gasteiger partial charge on any atom is 0.307 e. The molecule has 0 atom stereocenters. The average molecular weight is 308 g/mol. The van der Waals surface area contributed by atoms with E-state index >= 15 is 0 Å². The molecule has 0 aliphatic carbocycles. The van der Waals surface area contributed by atoms with Gasteiger partial charge in [0.05, 0.1) is 19.4 Å². The second-order valence-corrected chi connectivity index (χ2v) is 5.30. The van der Waals surface area contributed by atoms with Crippen molar-refractivity contribution < 1.29 is 24.5 Å². The summed E-state index contributed by atoms with van der Waals surface area (Å²) in [4.78, 5) is 21.9. The number of ether oxygens (including phenoxy) is 1. The molecule has 0 fully saturated rings. The Morgan fingerprint density at radius 2 is 1.68 bits per heavy atom. The van der Waals surface area contributed by atoms with E-state index in [0.717, 1.165) is 12.8 Å². The maximum absolute atomic E-state index is 11.0. The Kier molecular flexibility index (Phi) is 8.04. The lowest BCUT2D eigenvalue weighted by molar-refractivity contribution is -0.137. The molecule has 0 amide bonds. The smallest absolute Gasteiger partial charge is 0.307 e. The maximum atomic E-state index is 11.0. The van der Waals surface area contributed by atoms with E-state index in [1.165, 1.54) is 19.3 Å². The molecule has 0 heterocycles. The van der Waals surface area contributed by atoms with Crippen LogP contribution in [0.4, 0.5) is 0 Å². The van der Waals surface area contributed by atoms with Gasteiger partial charge in [0, 0.05) is 5.56 Å². The van der Waals surface area contributed by atoms with Crippen LogP contribution >= 0.6 is 0 Å². The molecule has 5 nitrogen and oxygen atoms in total. The number of hydrogen-bond donors (Lipinski definition) is 2. The Morgan fingerprint density at radius 1 is 1.00 bits per heavy atom. The third-order valence-corrected chi connectivity index (χ3v) is 3.41. The number of benzene rings is 1. The molecule has 0 unspecified atom stereocenters. The standard InChI is InChI=1S/C17H24O5/c1-2-3-4-5-6-10-22-15-9-7-8-13(11-16(18)19)14(15)12-17(20)21/h7-9H,2-6,10-12H2,1H3,(H,18,19)(H,20,21). The summed E-state index contributed by atoms with van der Waals surface area (Å²) in [5.41, 5.74) is 0.962. The van der Waals surface area contributed by atoms with Crippen molar-refractivity contribution in [2.75, 3.05) is 6.61 Å². The molecule has 2 N–H and O–H groups in total. The van der Waals surface area contributed by atoms with Crippen LogP contribution in [0.2, 0.25) is 0 Å². The third-order valence-electron chi connectivity index (χ3n) is 3.41. The Morgan fingerprint density at radius 3 is 2.32 bits per heavy atom. The van der Waals surface area contributed by atoms with Gasteiger partial charge < -0.3 is 14.9 Å². The van der Waals surface area contributed by atoms with E-state index in [0.29, 0.717) is 23.5 Å². The van der Waals surface area contributed by atoms with E-state index in [-0.39, 0.29) is 12.8 Å². The number of rotatable bonds is 11. The first-order valence-electron chi connectivity index (χ1n) is 7.71. The van der Waals surface area contributed by atoms with Crippen LogP contribution in [0.3, 0.4) is 0 Å². The monoisotopic (exact) mass is 308 g/mol. The molecule has 1 aromatic carbocycles. The number of carboxylic acid groups (broad SMARTS) is 2. The minimum atomic E-state index is -0.995. The zero-order valence-corrected chi connectivity index (χ0v) is 13.0. The molecule has 0 bridgehead atoms. The molecule has 0 aromatic heterocycles. The van der Waals surface area contributed by atoms with Gasteiger partial charge in [-0.2, -0.15) is 0 Å². The van der Waals surface area contributed by atoms with Crippen LogP contribution in [0.5, 0.6) is 5.75 Å². The molecule has 1 rings (SSSR count). The zero-order chi connectivity index (χ0) is 16.4. The lowest BCUT2D eigenvalue weighted by Crippen LogP contribution is -2.10. The second kappa shape index (κ2) is 9.82. The van der Waals surface area contributed by atoms with Gasteiger partial charge in [0.25, 0.3) is 0 Å². The summed E-state index contributed by atoms with van der Waals surface area (Å²) in [7, 11) is 0. The Bertz CT molecular complexity index is 496. The Balaban J connectivity index is 2.70. The first-order valence-corrected chi connectivity index (χ1v) is 7.71. The summed E-state index contributed by atoms with van der Waals surface area (Å²) < 4.78 is 5.68. The summed E-state index contributed by atoms with van der Waals surface area (Å²) in [5.74, 6) is -1.49. The van der Waals surface area contributed by atoms with Crippen LogP contribution in [0.1, 0.15) is 50.2 Å². The second-order valence-electron chi connectivity index (χ2n) is 5.30. The summed E-state index contributed by atoms with van der Waals surface area (Å²) in [6.07, 6.45) is 5.12. The highest BCUT2D eigenvalue weighted by Crippen LogP contribution is 2.24. The molecule has 0 radical (unpaired) electrons. The molecule has 22 heavy (non-hydrogen) atoms. The van der Waals surface area contributed by atoms with Gasteiger partial charge in [-0.1, -0.05) is 44.7 Å².